The molecule has 5 nitrogen and oxygen atoms in total. The van der Waals surface area contributed by atoms with Crippen LogP contribution in [-0.4, -0.2) is 49.9 Å². The molecule has 0 spiro atoms. The van der Waals surface area contributed by atoms with Crippen molar-refractivity contribution < 1.29 is 9.59 Å². The summed E-state index contributed by atoms with van der Waals surface area (Å²) in [5, 5.41) is 0.720. The Morgan fingerprint density at radius 1 is 0.964 bits per heavy atom. The number of hydrogen-bond donors (Lipinski definition) is 0. The molecule has 1 saturated heterocycles. The van der Waals surface area contributed by atoms with Gasteiger partial charge < -0.3 is 14.7 Å². The van der Waals surface area contributed by atoms with Gasteiger partial charge in [0.2, 0.25) is 11.8 Å². The van der Waals surface area contributed by atoms with E-state index in [-0.39, 0.29) is 23.7 Å². The molecule has 2 fully saturated rings. The summed E-state index contributed by atoms with van der Waals surface area (Å²) in [5.41, 5.74) is 1.95. The number of para-hydroxylation sites is 1. The van der Waals surface area contributed by atoms with E-state index < -0.39 is 0 Å². The fourth-order valence-electron chi connectivity index (χ4n) is 3.86. The van der Waals surface area contributed by atoms with Crippen molar-refractivity contribution in [2.45, 2.75) is 6.42 Å². The lowest BCUT2D eigenvalue weighted by Gasteiger charge is -2.36. The first kappa shape index (κ1) is 18.8. The average Bonchev–Trinajstić information content (AvgIpc) is 3.54. The summed E-state index contributed by atoms with van der Waals surface area (Å²) < 4.78 is 0. The number of rotatable bonds is 4. The standard InChI is InChI=1S/C22H24ClN3O2/c1-24(17-7-3-2-4-8-17)21(27)19-15-20(19)22(28)26-12-10-25(11-13-26)18-9-5-6-16(23)14-18/h2-9,14,19-20H,10-13,15H2,1H3. The van der Waals surface area contributed by atoms with Gasteiger partial charge in [-0.2, -0.15) is 0 Å². The fourth-order valence-corrected chi connectivity index (χ4v) is 4.05. The number of carbonyl (C=O) groups is 2. The first-order valence-corrected chi connectivity index (χ1v) is 10.0. The molecule has 2 atom stereocenters. The average molecular weight is 398 g/mol. The zero-order valence-electron chi connectivity index (χ0n) is 15.9. The summed E-state index contributed by atoms with van der Waals surface area (Å²) in [7, 11) is 1.78. The van der Waals surface area contributed by atoms with Gasteiger partial charge in [-0.3, -0.25) is 9.59 Å². The lowest BCUT2D eigenvalue weighted by atomic mass is 10.2. The summed E-state index contributed by atoms with van der Waals surface area (Å²) >= 11 is 6.08. The van der Waals surface area contributed by atoms with Crippen LogP contribution in [0.5, 0.6) is 0 Å². The van der Waals surface area contributed by atoms with Crippen LogP contribution < -0.4 is 9.80 Å². The van der Waals surface area contributed by atoms with E-state index >= 15 is 0 Å². The molecular weight excluding hydrogens is 374 g/mol. The van der Waals surface area contributed by atoms with Gasteiger partial charge >= 0.3 is 0 Å². The van der Waals surface area contributed by atoms with E-state index in [4.69, 9.17) is 11.6 Å². The van der Waals surface area contributed by atoms with E-state index in [9.17, 15) is 9.59 Å². The highest BCUT2D eigenvalue weighted by Gasteiger charge is 2.50. The number of halogens is 1. The molecule has 1 heterocycles. The quantitative estimate of drug-likeness (QED) is 0.795. The van der Waals surface area contributed by atoms with E-state index in [1.807, 2.05) is 59.5 Å². The van der Waals surface area contributed by atoms with Crippen LogP contribution in [0.4, 0.5) is 11.4 Å². The molecule has 2 aromatic carbocycles. The lowest BCUT2D eigenvalue weighted by molar-refractivity contribution is -0.134. The van der Waals surface area contributed by atoms with Gasteiger partial charge in [0, 0.05) is 49.6 Å². The molecule has 6 heteroatoms. The van der Waals surface area contributed by atoms with Gasteiger partial charge in [-0.05, 0) is 36.8 Å². The molecule has 2 aromatic rings. The number of benzene rings is 2. The van der Waals surface area contributed by atoms with Crippen LogP contribution in [0.1, 0.15) is 6.42 Å². The van der Waals surface area contributed by atoms with Crippen molar-refractivity contribution in [3.05, 3.63) is 59.6 Å². The maximum Gasteiger partial charge on any atom is 0.230 e. The number of anilines is 2. The number of nitrogens with zero attached hydrogens (tertiary/aromatic N) is 3. The van der Waals surface area contributed by atoms with E-state index in [2.05, 4.69) is 4.90 Å². The molecule has 1 aliphatic heterocycles. The number of carbonyl (C=O) groups excluding carboxylic acids is 2. The van der Waals surface area contributed by atoms with E-state index in [1.54, 1.807) is 11.9 Å². The lowest BCUT2D eigenvalue weighted by Crippen LogP contribution is -2.49. The molecule has 2 amide bonds. The van der Waals surface area contributed by atoms with Gasteiger partial charge in [-0.25, -0.2) is 0 Å². The van der Waals surface area contributed by atoms with E-state index in [0.717, 1.165) is 29.5 Å². The monoisotopic (exact) mass is 397 g/mol. The predicted octanol–water partition coefficient (Wildman–Crippen LogP) is 3.29. The van der Waals surface area contributed by atoms with E-state index in [0.29, 0.717) is 19.5 Å². The Morgan fingerprint density at radius 2 is 1.68 bits per heavy atom. The van der Waals surface area contributed by atoms with Crippen LogP contribution in [0.15, 0.2) is 54.6 Å². The Labute approximate surface area is 170 Å². The predicted molar refractivity (Wildman–Crippen MR) is 112 cm³/mol. The minimum Gasteiger partial charge on any atom is -0.368 e. The third-order valence-electron chi connectivity index (χ3n) is 5.66. The third-order valence-corrected chi connectivity index (χ3v) is 5.90. The van der Waals surface area contributed by atoms with Gasteiger partial charge in [0.1, 0.15) is 0 Å². The molecule has 2 aliphatic rings. The van der Waals surface area contributed by atoms with Crippen molar-refractivity contribution in [1.82, 2.24) is 4.90 Å². The Morgan fingerprint density at radius 3 is 2.36 bits per heavy atom. The highest BCUT2D eigenvalue weighted by Crippen LogP contribution is 2.42. The van der Waals surface area contributed by atoms with Crippen LogP contribution in [0.25, 0.3) is 0 Å². The highest BCUT2D eigenvalue weighted by atomic mass is 35.5. The zero-order chi connectivity index (χ0) is 19.7. The highest BCUT2D eigenvalue weighted by molar-refractivity contribution is 6.30. The number of piperazine rings is 1. The third kappa shape index (κ3) is 3.85. The van der Waals surface area contributed by atoms with E-state index in [1.165, 1.54) is 0 Å². The second-order valence-corrected chi connectivity index (χ2v) is 7.91. The second kappa shape index (κ2) is 7.84. The van der Waals surface area contributed by atoms with Crippen molar-refractivity contribution in [2.75, 3.05) is 43.0 Å². The molecular formula is C22H24ClN3O2. The Bertz CT molecular complexity index is 865. The summed E-state index contributed by atoms with van der Waals surface area (Å²) in [4.78, 5) is 31.4. The fraction of sp³-hybridized carbons (Fsp3) is 0.364. The van der Waals surface area contributed by atoms with Gasteiger partial charge in [0.25, 0.3) is 0 Å². The van der Waals surface area contributed by atoms with Crippen molar-refractivity contribution in [3.8, 4) is 0 Å². The normalized spacial score (nSPS) is 21.4. The van der Waals surface area contributed by atoms with Gasteiger partial charge in [0.05, 0.1) is 11.8 Å². The number of amides is 2. The Kier molecular flexibility index (Phi) is 5.27. The molecule has 0 radical (unpaired) electrons. The van der Waals surface area contributed by atoms with Crippen LogP contribution in [0.2, 0.25) is 5.02 Å². The second-order valence-electron chi connectivity index (χ2n) is 7.47. The van der Waals surface area contributed by atoms with Crippen LogP contribution >= 0.6 is 11.6 Å². The molecule has 0 bridgehead atoms. The zero-order valence-corrected chi connectivity index (χ0v) is 16.7. The van der Waals surface area contributed by atoms with Crippen LogP contribution in [-0.2, 0) is 9.59 Å². The SMILES string of the molecule is CN(C(=O)C1CC1C(=O)N1CCN(c2cccc(Cl)c2)CC1)c1ccccc1. The Hall–Kier alpha value is -2.53. The minimum absolute atomic E-state index is 0.0297. The summed E-state index contributed by atoms with van der Waals surface area (Å²) in [5.74, 6) is -0.215. The first-order chi connectivity index (χ1) is 13.5. The van der Waals surface area contributed by atoms with Crippen molar-refractivity contribution in [1.29, 1.82) is 0 Å². The molecule has 2 unspecified atom stereocenters. The maximum atomic E-state index is 12.8. The van der Waals surface area contributed by atoms with Crippen LogP contribution in [0, 0.1) is 11.8 Å². The molecule has 4 rings (SSSR count). The van der Waals surface area contributed by atoms with Gasteiger partial charge in [-0.1, -0.05) is 35.9 Å². The molecule has 0 aromatic heterocycles. The summed E-state index contributed by atoms with van der Waals surface area (Å²) in [6, 6.07) is 17.4. The molecule has 1 saturated carbocycles. The summed E-state index contributed by atoms with van der Waals surface area (Å²) in [6.07, 6.45) is 0.656. The van der Waals surface area contributed by atoms with Crippen LogP contribution in [0.3, 0.4) is 0 Å². The van der Waals surface area contributed by atoms with Crippen molar-refractivity contribution >= 4 is 34.8 Å². The smallest absolute Gasteiger partial charge is 0.230 e. The summed E-state index contributed by atoms with van der Waals surface area (Å²) in [6.45, 7) is 2.91. The molecule has 0 N–H and O–H groups in total. The maximum absolute atomic E-state index is 12.8. The minimum atomic E-state index is -0.191. The van der Waals surface area contributed by atoms with Gasteiger partial charge in [0.15, 0.2) is 0 Å². The topological polar surface area (TPSA) is 43.9 Å². The largest absolute Gasteiger partial charge is 0.368 e. The molecule has 1 aliphatic carbocycles. The van der Waals surface area contributed by atoms with Crippen molar-refractivity contribution in [3.63, 3.8) is 0 Å². The van der Waals surface area contributed by atoms with Crippen molar-refractivity contribution in [2.24, 2.45) is 11.8 Å². The Balaban J connectivity index is 1.31. The molecule has 146 valence electrons. The first-order valence-electron chi connectivity index (χ1n) is 9.66. The van der Waals surface area contributed by atoms with Gasteiger partial charge in [-0.15, -0.1) is 0 Å². The number of hydrogen-bond acceptors (Lipinski definition) is 3. The molecule has 28 heavy (non-hydrogen) atoms.